The smallest absolute Gasteiger partial charge is 0.179 e. The molecular weight excluding hydrogens is 190 g/mol. The molecule has 0 fully saturated rings. The summed E-state index contributed by atoms with van der Waals surface area (Å²) in [6.07, 6.45) is 0. The summed E-state index contributed by atoms with van der Waals surface area (Å²) in [6.45, 7) is 3.87. The quantitative estimate of drug-likeness (QED) is 0.767. The number of ether oxygens (including phenoxy) is 1. The highest BCUT2D eigenvalue weighted by atomic mass is 16.5. The average Bonchev–Trinajstić information content (AvgIpc) is 2.27. The number of carbonyl (C=O) groups is 1. The van der Waals surface area contributed by atoms with Crippen LogP contribution in [-0.4, -0.2) is 18.9 Å². The van der Waals surface area contributed by atoms with Crippen LogP contribution in [-0.2, 0) is 0 Å². The van der Waals surface area contributed by atoms with Crippen LogP contribution in [0.25, 0.3) is 0 Å². The minimum Gasteiger partial charge on any atom is -0.497 e. The van der Waals surface area contributed by atoms with Gasteiger partial charge in [0.1, 0.15) is 5.75 Å². The topological polar surface area (TPSA) is 52.3 Å². The summed E-state index contributed by atoms with van der Waals surface area (Å²) in [4.78, 5) is 11.8. The lowest BCUT2D eigenvalue weighted by Gasteiger charge is -2.14. The molecule has 0 saturated heterocycles. The Bertz CT molecular complexity index is 330. The Labute approximate surface area is 90.2 Å². The van der Waals surface area contributed by atoms with Gasteiger partial charge in [0.25, 0.3) is 0 Å². The van der Waals surface area contributed by atoms with Crippen molar-refractivity contribution in [3.63, 3.8) is 0 Å². The van der Waals surface area contributed by atoms with Gasteiger partial charge in [-0.1, -0.05) is 13.8 Å². The number of carbonyl (C=O) groups excluding carboxylic acids is 1. The van der Waals surface area contributed by atoms with Gasteiger partial charge in [-0.15, -0.1) is 0 Å². The fourth-order valence-electron chi connectivity index (χ4n) is 1.25. The molecule has 3 heteroatoms. The highest BCUT2D eigenvalue weighted by Crippen LogP contribution is 2.14. The Balaban J connectivity index is 2.83. The normalized spacial score (nSPS) is 12.6. The standard InChI is InChI=1S/C12H17NO2/c1-8(2)11(13)12(14)9-4-6-10(15-3)7-5-9/h4-8,11H,13H2,1-3H3. The van der Waals surface area contributed by atoms with Gasteiger partial charge in [-0.25, -0.2) is 0 Å². The molecule has 0 aliphatic carbocycles. The van der Waals surface area contributed by atoms with Gasteiger partial charge in [-0.3, -0.25) is 4.79 Å². The predicted octanol–water partition coefficient (Wildman–Crippen LogP) is 1.86. The Morgan fingerprint density at radius 3 is 2.20 bits per heavy atom. The summed E-state index contributed by atoms with van der Waals surface area (Å²) in [5.74, 6) is 0.872. The van der Waals surface area contributed by atoms with Gasteiger partial charge in [0, 0.05) is 5.56 Å². The van der Waals surface area contributed by atoms with Crippen molar-refractivity contribution in [3.8, 4) is 5.75 Å². The summed E-state index contributed by atoms with van der Waals surface area (Å²) in [5, 5.41) is 0. The molecule has 82 valence electrons. The van der Waals surface area contributed by atoms with Crippen LogP contribution in [0.5, 0.6) is 5.75 Å². The summed E-state index contributed by atoms with van der Waals surface area (Å²) >= 11 is 0. The third-order valence-electron chi connectivity index (χ3n) is 2.40. The molecule has 1 atom stereocenters. The van der Waals surface area contributed by atoms with Gasteiger partial charge >= 0.3 is 0 Å². The lowest BCUT2D eigenvalue weighted by molar-refractivity contribution is 0.0940. The van der Waals surface area contributed by atoms with E-state index in [1.54, 1.807) is 31.4 Å². The number of rotatable bonds is 4. The van der Waals surface area contributed by atoms with Gasteiger partial charge in [0.2, 0.25) is 0 Å². The first-order valence-corrected chi connectivity index (χ1v) is 5.00. The third kappa shape index (κ3) is 2.80. The fraction of sp³-hybridized carbons (Fsp3) is 0.417. The molecule has 3 nitrogen and oxygen atoms in total. The lowest BCUT2D eigenvalue weighted by atomic mass is 9.96. The van der Waals surface area contributed by atoms with Gasteiger partial charge < -0.3 is 10.5 Å². The molecule has 1 unspecified atom stereocenters. The number of hydrogen-bond acceptors (Lipinski definition) is 3. The lowest BCUT2D eigenvalue weighted by Crippen LogP contribution is -2.35. The molecule has 0 spiro atoms. The molecule has 0 bridgehead atoms. The van der Waals surface area contributed by atoms with Crippen LogP contribution in [0.1, 0.15) is 24.2 Å². The van der Waals surface area contributed by atoms with Crippen LogP contribution in [0.15, 0.2) is 24.3 Å². The minimum absolute atomic E-state index is 0.0207. The van der Waals surface area contributed by atoms with E-state index in [0.717, 1.165) is 5.75 Å². The molecule has 0 radical (unpaired) electrons. The maximum absolute atomic E-state index is 11.8. The number of hydrogen-bond donors (Lipinski definition) is 1. The van der Waals surface area contributed by atoms with Crippen LogP contribution < -0.4 is 10.5 Å². The number of benzene rings is 1. The molecule has 1 aromatic rings. The summed E-state index contributed by atoms with van der Waals surface area (Å²) in [6, 6.07) is 6.58. The number of nitrogens with two attached hydrogens (primary N) is 1. The van der Waals surface area contributed by atoms with E-state index in [2.05, 4.69) is 0 Å². The van der Waals surface area contributed by atoms with Crippen molar-refractivity contribution in [3.05, 3.63) is 29.8 Å². The van der Waals surface area contributed by atoms with Crippen LogP contribution >= 0.6 is 0 Å². The maximum atomic E-state index is 11.8. The van der Waals surface area contributed by atoms with Crippen molar-refractivity contribution in [2.24, 2.45) is 11.7 Å². The van der Waals surface area contributed by atoms with E-state index in [1.165, 1.54) is 0 Å². The Hall–Kier alpha value is -1.35. The number of ketones is 1. The summed E-state index contributed by atoms with van der Waals surface area (Å²) in [7, 11) is 1.59. The van der Waals surface area contributed by atoms with Crippen molar-refractivity contribution in [1.82, 2.24) is 0 Å². The molecule has 0 aliphatic heterocycles. The van der Waals surface area contributed by atoms with Crippen LogP contribution in [0.4, 0.5) is 0 Å². The zero-order valence-corrected chi connectivity index (χ0v) is 9.36. The van der Waals surface area contributed by atoms with Crippen LogP contribution in [0, 0.1) is 5.92 Å². The minimum atomic E-state index is -0.432. The van der Waals surface area contributed by atoms with Crippen molar-refractivity contribution in [1.29, 1.82) is 0 Å². The summed E-state index contributed by atoms with van der Waals surface area (Å²) < 4.78 is 5.01. The predicted molar refractivity (Wildman–Crippen MR) is 60.1 cm³/mol. The van der Waals surface area contributed by atoms with Gasteiger partial charge in [-0.2, -0.15) is 0 Å². The van der Waals surface area contributed by atoms with Gasteiger partial charge in [0.15, 0.2) is 5.78 Å². The van der Waals surface area contributed by atoms with Crippen molar-refractivity contribution >= 4 is 5.78 Å². The average molecular weight is 207 g/mol. The number of Topliss-reactive ketones (excluding diaryl/α,β-unsaturated/α-hetero) is 1. The molecule has 0 aromatic heterocycles. The molecule has 1 rings (SSSR count). The largest absolute Gasteiger partial charge is 0.497 e. The first kappa shape index (κ1) is 11.7. The highest BCUT2D eigenvalue weighted by Gasteiger charge is 2.18. The second-order valence-electron chi connectivity index (χ2n) is 3.86. The van der Waals surface area contributed by atoms with E-state index in [1.807, 2.05) is 13.8 Å². The van der Waals surface area contributed by atoms with E-state index < -0.39 is 6.04 Å². The Morgan fingerprint density at radius 1 is 1.27 bits per heavy atom. The van der Waals surface area contributed by atoms with Gasteiger partial charge in [0.05, 0.1) is 13.2 Å². The van der Waals surface area contributed by atoms with Crippen molar-refractivity contribution in [2.75, 3.05) is 7.11 Å². The number of methoxy groups -OCH3 is 1. The van der Waals surface area contributed by atoms with Crippen molar-refractivity contribution < 1.29 is 9.53 Å². The Morgan fingerprint density at radius 2 is 1.80 bits per heavy atom. The maximum Gasteiger partial charge on any atom is 0.179 e. The van der Waals surface area contributed by atoms with E-state index in [9.17, 15) is 4.79 Å². The molecule has 1 aromatic carbocycles. The first-order chi connectivity index (χ1) is 7.06. The molecular formula is C12H17NO2. The van der Waals surface area contributed by atoms with E-state index in [4.69, 9.17) is 10.5 Å². The monoisotopic (exact) mass is 207 g/mol. The SMILES string of the molecule is COc1ccc(C(=O)C(N)C(C)C)cc1. The zero-order valence-electron chi connectivity index (χ0n) is 9.36. The van der Waals surface area contributed by atoms with E-state index >= 15 is 0 Å². The summed E-state index contributed by atoms with van der Waals surface area (Å²) in [5.41, 5.74) is 6.42. The second-order valence-corrected chi connectivity index (χ2v) is 3.86. The van der Waals surface area contributed by atoms with Crippen molar-refractivity contribution in [2.45, 2.75) is 19.9 Å². The second kappa shape index (κ2) is 4.94. The zero-order chi connectivity index (χ0) is 11.4. The molecule has 0 amide bonds. The molecule has 2 N–H and O–H groups in total. The fourth-order valence-corrected chi connectivity index (χ4v) is 1.25. The molecule has 0 saturated carbocycles. The molecule has 0 aliphatic rings. The first-order valence-electron chi connectivity index (χ1n) is 5.00. The molecule has 0 heterocycles. The van der Waals surface area contributed by atoms with E-state index in [0.29, 0.717) is 5.56 Å². The van der Waals surface area contributed by atoms with Crippen LogP contribution in [0.2, 0.25) is 0 Å². The van der Waals surface area contributed by atoms with Gasteiger partial charge in [-0.05, 0) is 30.2 Å². The Kier molecular flexibility index (Phi) is 3.86. The molecule has 15 heavy (non-hydrogen) atoms. The highest BCUT2D eigenvalue weighted by molar-refractivity contribution is 6.00. The van der Waals surface area contributed by atoms with E-state index in [-0.39, 0.29) is 11.7 Å². The van der Waals surface area contributed by atoms with Crippen LogP contribution in [0.3, 0.4) is 0 Å². The third-order valence-corrected chi connectivity index (χ3v) is 2.40.